The third kappa shape index (κ3) is 7.74. The SMILES string of the molecule is CCOCC#C[Si](C)(C)C. The van der Waals surface area contributed by atoms with Gasteiger partial charge in [-0.2, -0.15) is 0 Å². The van der Waals surface area contributed by atoms with Gasteiger partial charge in [0, 0.05) is 6.61 Å². The maximum atomic E-state index is 5.08. The van der Waals surface area contributed by atoms with Crippen LogP contribution in [-0.4, -0.2) is 21.3 Å². The van der Waals surface area contributed by atoms with Gasteiger partial charge in [0.2, 0.25) is 0 Å². The van der Waals surface area contributed by atoms with Crippen molar-refractivity contribution in [1.29, 1.82) is 0 Å². The fourth-order valence-electron chi connectivity index (χ4n) is 0.454. The Hall–Kier alpha value is -0.263. The summed E-state index contributed by atoms with van der Waals surface area (Å²) in [6.45, 7) is 10.0. The largest absolute Gasteiger partial charge is 0.369 e. The lowest BCUT2D eigenvalue weighted by atomic mass is 10.7. The van der Waals surface area contributed by atoms with Gasteiger partial charge in [-0.25, -0.2) is 0 Å². The zero-order chi connectivity index (χ0) is 8.04. The van der Waals surface area contributed by atoms with Crippen molar-refractivity contribution >= 4 is 8.07 Å². The molecule has 0 aliphatic rings. The number of hydrogen-bond donors (Lipinski definition) is 0. The lowest BCUT2D eigenvalue weighted by Crippen LogP contribution is -2.16. The molecular weight excluding hydrogens is 140 g/mol. The van der Waals surface area contributed by atoms with Crippen LogP contribution in [0.3, 0.4) is 0 Å². The normalized spacial score (nSPS) is 10.4. The van der Waals surface area contributed by atoms with Crippen molar-refractivity contribution in [2.24, 2.45) is 0 Å². The minimum absolute atomic E-state index is 0.598. The Bertz CT molecular complexity index is 136. The van der Waals surface area contributed by atoms with E-state index in [9.17, 15) is 0 Å². The molecule has 0 radical (unpaired) electrons. The average molecular weight is 156 g/mol. The Balaban J connectivity index is 3.50. The molecule has 0 aromatic rings. The van der Waals surface area contributed by atoms with E-state index in [-0.39, 0.29) is 0 Å². The molecule has 0 amide bonds. The topological polar surface area (TPSA) is 9.23 Å². The Labute approximate surface area is 64.8 Å². The first kappa shape index (κ1) is 9.74. The van der Waals surface area contributed by atoms with E-state index in [4.69, 9.17) is 4.74 Å². The maximum Gasteiger partial charge on any atom is 0.129 e. The molecule has 0 fully saturated rings. The van der Waals surface area contributed by atoms with Crippen LogP contribution in [0.5, 0.6) is 0 Å². The van der Waals surface area contributed by atoms with E-state index in [1.807, 2.05) is 6.92 Å². The van der Waals surface area contributed by atoms with Crippen LogP contribution in [0.25, 0.3) is 0 Å². The Morgan fingerprint density at radius 1 is 1.30 bits per heavy atom. The zero-order valence-corrected chi connectivity index (χ0v) is 8.32. The van der Waals surface area contributed by atoms with Crippen molar-refractivity contribution in [1.82, 2.24) is 0 Å². The van der Waals surface area contributed by atoms with E-state index >= 15 is 0 Å². The second-order valence-corrected chi connectivity index (χ2v) is 7.94. The third-order valence-electron chi connectivity index (χ3n) is 0.842. The smallest absolute Gasteiger partial charge is 0.129 e. The first-order chi connectivity index (χ1) is 4.56. The quantitative estimate of drug-likeness (QED) is 0.337. The van der Waals surface area contributed by atoms with E-state index in [1.54, 1.807) is 0 Å². The molecule has 0 aliphatic heterocycles. The summed E-state index contributed by atoms with van der Waals surface area (Å²) in [4.78, 5) is 0. The number of rotatable bonds is 2. The zero-order valence-electron chi connectivity index (χ0n) is 7.32. The highest BCUT2D eigenvalue weighted by atomic mass is 28.3. The van der Waals surface area contributed by atoms with Gasteiger partial charge in [-0.15, -0.1) is 5.54 Å². The maximum absolute atomic E-state index is 5.08. The van der Waals surface area contributed by atoms with Crippen molar-refractivity contribution in [2.45, 2.75) is 26.6 Å². The molecule has 0 aliphatic carbocycles. The minimum atomic E-state index is -1.15. The Morgan fingerprint density at radius 2 is 1.90 bits per heavy atom. The molecule has 0 saturated carbocycles. The van der Waals surface area contributed by atoms with Crippen LogP contribution in [0, 0.1) is 11.5 Å². The molecule has 0 rings (SSSR count). The van der Waals surface area contributed by atoms with Crippen LogP contribution in [0.15, 0.2) is 0 Å². The average Bonchev–Trinajstić information content (AvgIpc) is 1.78. The molecule has 2 heteroatoms. The highest BCUT2D eigenvalue weighted by Gasteiger charge is 2.06. The van der Waals surface area contributed by atoms with Crippen molar-refractivity contribution in [3.8, 4) is 11.5 Å². The highest BCUT2D eigenvalue weighted by Crippen LogP contribution is 1.95. The van der Waals surface area contributed by atoms with Crippen LogP contribution in [0.2, 0.25) is 19.6 Å². The van der Waals surface area contributed by atoms with Crippen molar-refractivity contribution in [3.05, 3.63) is 0 Å². The summed E-state index contributed by atoms with van der Waals surface area (Å²) in [7, 11) is -1.15. The monoisotopic (exact) mass is 156 g/mol. The van der Waals surface area contributed by atoms with Gasteiger partial charge in [-0.3, -0.25) is 0 Å². The molecule has 0 heterocycles. The first-order valence-electron chi connectivity index (χ1n) is 3.64. The molecule has 0 unspecified atom stereocenters. The molecule has 0 spiro atoms. The van der Waals surface area contributed by atoms with E-state index < -0.39 is 8.07 Å². The van der Waals surface area contributed by atoms with E-state index in [0.29, 0.717) is 6.61 Å². The predicted octanol–water partition coefficient (Wildman–Crippen LogP) is 1.90. The summed E-state index contributed by atoms with van der Waals surface area (Å²) in [5.41, 5.74) is 3.22. The fraction of sp³-hybridized carbons (Fsp3) is 0.750. The summed E-state index contributed by atoms with van der Waals surface area (Å²) in [5, 5.41) is 0. The van der Waals surface area contributed by atoms with Gasteiger partial charge in [0.05, 0.1) is 0 Å². The van der Waals surface area contributed by atoms with E-state index in [1.165, 1.54) is 0 Å². The lowest BCUT2D eigenvalue weighted by molar-refractivity contribution is 0.182. The van der Waals surface area contributed by atoms with Gasteiger partial charge < -0.3 is 4.74 Å². The molecular formula is C8H16OSi. The third-order valence-corrected chi connectivity index (χ3v) is 1.77. The highest BCUT2D eigenvalue weighted by molar-refractivity contribution is 6.83. The van der Waals surface area contributed by atoms with Crippen LogP contribution in [0.4, 0.5) is 0 Å². The lowest BCUT2D eigenvalue weighted by Gasteiger charge is -2.02. The second kappa shape index (κ2) is 4.54. The molecule has 0 bridgehead atoms. The van der Waals surface area contributed by atoms with E-state index in [2.05, 4.69) is 31.1 Å². The van der Waals surface area contributed by atoms with Crippen molar-refractivity contribution in [3.63, 3.8) is 0 Å². The molecule has 0 atom stereocenters. The molecule has 0 N–H and O–H groups in total. The van der Waals surface area contributed by atoms with Crippen LogP contribution >= 0.6 is 0 Å². The van der Waals surface area contributed by atoms with Gasteiger partial charge in [0.1, 0.15) is 14.7 Å². The minimum Gasteiger partial charge on any atom is -0.369 e. The molecule has 0 saturated heterocycles. The molecule has 0 aromatic carbocycles. The summed E-state index contributed by atoms with van der Waals surface area (Å²) >= 11 is 0. The first-order valence-corrected chi connectivity index (χ1v) is 7.14. The second-order valence-electron chi connectivity index (χ2n) is 3.19. The van der Waals surface area contributed by atoms with Crippen molar-refractivity contribution in [2.75, 3.05) is 13.2 Å². The van der Waals surface area contributed by atoms with Gasteiger partial charge in [0.25, 0.3) is 0 Å². The van der Waals surface area contributed by atoms with Gasteiger partial charge >= 0.3 is 0 Å². The van der Waals surface area contributed by atoms with Crippen LogP contribution in [-0.2, 0) is 4.74 Å². The predicted molar refractivity (Wildman–Crippen MR) is 47.6 cm³/mol. The molecule has 58 valence electrons. The molecule has 1 nitrogen and oxygen atoms in total. The van der Waals surface area contributed by atoms with Gasteiger partial charge in [0.15, 0.2) is 0 Å². The Morgan fingerprint density at radius 3 is 2.30 bits per heavy atom. The van der Waals surface area contributed by atoms with Gasteiger partial charge in [-0.1, -0.05) is 25.6 Å². The number of ether oxygens (including phenoxy) is 1. The summed E-state index contributed by atoms with van der Waals surface area (Å²) < 4.78 is 5.08. The fourth-order valence-corrected chi connectivity index (χ4v) is 1.06. The summed E-state index contributed by atoms with van der Waals surface area (Å²) in [5.74, 6) is 3.02. The van der Waals surface area contributed by atoms with E-state index in [0.717, 1.165) is 6.61 Å². The standard InChI is InChI=1S/C8H16OSi/c1-5-9-7-6-8-10(2,3)4/h5,7H2,1-4H3. The van der Waals surface area contributed by atoms with Gasteiger partial charge in [-0.05, 0) is 6.92 Å². The Kier molecular flexibility index (Phi) is 4.42. The van der Waals surface area contributed by atoms with Crippen LogP contribution in [0.1, 0.15) is 6.92 Å². The molecule has 10 heavy (non-hydrogen) atoms. The number of hydrogen-bond acceptors (Lipinski definition) is 1. The van der Waals surface area contributed by atoms with Crippen LogP contribution < -0.4 is 0 Å². The molecule has 0 aromatic heterocycles. The summed E-state index contributed by atoms with van der Waals surface area (Å²) in [6.07, 6.45) is 0. The summed E-state index contributed by atoms with van der Waals surface area (Å²) in [6, 6.07) is 0. The van der Waals surface area contributed by atoms with Crippen molar-refractivity contribution < 1.29 is 4.74 Å².